The molecule has 0 atom stereocenters. The molecule has 3 heterocycles. The van der Waals surface area contributed by atoms with Crippen molar-refractivity contribution in [3.05, 3.63) is 41.5 Å². The summed E-state index contributed by atoms with van der Waals surface area (Å²) in [5.41, 5.74) is -0.0999. The Morgan fingerprint density at radius 2 is 1.50 bits per heavy atom. The molecule has 0 radical (unpaired) electrons. The Bertz CT molecular complexity index is 756. The third-order valence-corrected chi connectivity index (χ3v) is 4.50. The topological polar surface area (TPSA) is 63.6 Å². The van der Waals surface area contributed by atoms with Crippen LogP contribution in [0.5, 0.6) is 11.8 Å². The predicted molar refractivity (Wildman–Crippen MR) is 94.9 cm³/mol. The van der Waals surface area contributed by atoms with Gasteiger partial charge >= 0.3 is 6.18 Å². The van der Waals surface area contributed by atoms with Crippen molar-refractivity contribution in [2.45, 2.75) is 19.3 Å². The molecule has 0 N–H and O–H groups in total. The van der Waals surface area contributed by atoms with Gasteiger partial charge in [0.1, 0.15) is 11.5 Å². The van der Waals surface area contributed by atoms with Gasteiger partial charge in [-0.15, -0.1) is 0 Å². The second kappa shape index (κ2) is 8.70. The van der Waals surface area contributed by atoms with Crippen LogP contribution in [0.25, 0.3) is 0 Å². The lowest BCUT2D eigenvalue weighted by molar-refractivity contribution is -0.141. The molecular weight excluding hydrogens is 375 g/mol. The van der Waals surface area contributed by atoms with Gasteiger partial charge in [-0.25, -0.2) is 0 Å². The molecule has 2 aromatic heterocycles. The molecule has 0 amide bonds. The Kier molecular flexibility index (Phi) is 6.30. The summed E-state index contributed by atoms with van der Waals surface area (Å²) >= 11 is 0. The van der Waals surface area contributed by atoms with Gasteiger partial charge in [-0.3, -0.25) is 14.8 Å². The minimum absolute atomic E-state index is 0.454. The van der Waals surface area contributed by atoms with Gasteiger partial charge in [0.2, 0.25) is 11.8 Å². The van der Waals surface area contributed by atoms with Crippen LogP contribution in [-0.4, -0.2) is 65.2 Å². The van der Waals surface area contributed by atoms with Crippen LogP contribution in [0.2, 0.25) is 0 Å². The van der Waals surface area contributed by atoms with E-state index in [2.05, 4.69) is 24.8 Å². The first kappa shape index (κ1) is 20.3. The molecule has 152 valence electrons. The van der Waals surface area contributed by atoms with Crippen LogP contribution in [0, 0.1) is 0 Å². The lowest BCUT2D eigenvalue weighted by Gasteiger charge is -2.34. The van der Waals surface area contributed by atoms with Crippen LogP contribution >= 0.6 is 0 Å². The van der Waals surface area contributed by atoms with Crippen molar-refractivity contribution in [2.24, 2.45) is 0 Å². The Morgan fingerprint density at radius 1 is 0.929 bits per heavy atom. The lowest BCUT2D eigenvalue weighted by Crippen LogP contribution is -2.45. The first-order valence-electron chi connectivity index (χ1n) is 8.80. The maximum Gasteiger partial charge on any atom is 0.433 e. The van der Waals surface area contributed by atoms with E-state index in [4.69, 9.17) is 9.47 Å². The fraction of sp³-hybridized carbons (Fsp3) is 0.500. The fourth-order valence-electron chi connectivity index (χ4n) is 2.98. The summed E-state index contributed by atoms with van der Waals surface area (Å²) in [6, 6.07) is 4.14. The summed E-state index contributed by atoms with van der Waals surface area (Å²) in [6.07, 6.45) is -3.11. The van der Waals surface area contributed by atoms with Crippen LogP contribution in [-0.2, 0) is 19.3 Å². The highest BCUT2D eigenvalue weighted by atomic mass is 19.4. The van der Waals surface area contributed by atoms with Crippen LogP contribution in [0.4, 0.5) is 13.2 Å². The second-order valence-electron chi connectivity index (χ2n) is 6.47. The van der Waals surface area contributed by atoms with Gasteiger partial charge in [0, 0.05) is 38.9 Å². The van der Waals surface area contributed by atoms with Crippen LogP contribution in [0.15, 0.2) is 24.4 Å². The smallest absolute Gasteiger partial charge is 0.433 e. The number of alkyl halides is 3. The van der Waals surface area contributed by atoms with E-state index >= 15 is 0 Å². The molecule has 7 nitrogen and oxygen atoms in total. The summed E-state index contributed by atoms with van der Waals surface area (Å²) < 4.78 is 48.1. The van der Waals surface area contributed by atoms with E-state index in [1.54, 1.807) is 20.3 Å². The van der Waals surface area contributed by atoms with Gasteiger partial charge in [0.05, 0.1) is 26.8 Å². The number of pyridine rings is 1. The Labute approximate surface area is 161 Å². The minimum atomic E-state index is -4.41. The van der Waals surface area contributed by atoms with E-state index in [0.29, 0.717) is 30.7 Å². The lowest BCUT2D eigenvalue weighted by atomic mass is 10.2. The third kappa shape index (κ3) is 5.29. The molecule has 28 heavy (non-hydrogen) atoms. The molecule has 10 heteroatoms. The summed E-state index contributed by atoms with van der Waals surface area (Å²) in [7, 11) is 3.08. The molecular formula is C18H22F3N5O2. The SMILES string of the molecule is COc1cc(OC)nc(CN2CCN(Cc3ccc(C(F)(F)F)nc3)CC2)n1. The summed E-state index contributed by atoms with van der Waals surface area (Å²) in [4.78, 5) is 16.6. The molecule has 0 bridgehead atoms. The molecule has 1 aliphatic heterocycles. The maximum absolute atomic E-state index is 12.6. The second-order valence-corrected chi connectivity index (χ2v) is 6.47. The normalized spacial score (nSPS) is 16.2. The Hall–Kier alpha value is -2.46. The molecule has 0 unspecified atom stereocenters. The minimum Gasteiger partial charge on any atom is -0.481 e. The average Bonchev–Trinajstić information content (AvgIpc) is 2.69. The highest BCUT2D eigenvalue weighted by molar-refractivity contribution is 5.21. The predicted octanol–water partition coefficient (Wildman–Crippen LogP) is 2.23. The molecule has 0 spiro atoms. The van der Waals surface area contributed by atoms with Crippen LogP contribution < -0.4 is 9.47 Å². The molecule has 1 fully saturated rings. The van der Waals surface area contributed by atoms with Crippen molar-refractivity contribution in [1.29, 1.82) is 0 Å². The fourth-order valence-corrected chi connectivity index (χ4v) is 2.98. The van der Waals surface area contributed by atoms with Gasteiger partial charge in [-0.2, -0.15) is 23.1 Å². The van der Waals surface area contributed by atoms with Gasteiger partial charge < -0.3 is 9.47 Å². The number of hydrogen-bond acceptors (Lipinski definition) is 7. The first-order valence-corrected chi connectivity index (χ1v) is 8.80. The number of aromatic nitrogens is 3. The highest BCUT2D eigenvalue weighted by Gasteiger charge is 2.32. The number of nitrogens with zero attached hydrogens (tertiary/aromatic N) is 5. The molecule has 1 aliphatic rings. The number of halogens is 3. The van der Waals surface area contributed by atoms with Crippen molar-refractivity contribution < 1.29 is 22.6 Å². The Morgan fingerprint density at radius 3 is 1.96 bits per heavy atom. The van der Waals surface area contributed by atoms with E-state index in [0.717, 1.165) is 37.8 Å². The molecule has 1 saturated heterocycles. The molecule has 0 aromatic carbocycles. The van der Waals surface area contributed by atoms with Crippen LogP contribution in [0.3, 0.4) is 0 Å². The summed E-state index contributed by atoms with van der Waals surface area (Å²) in [6.45, 7) is 4.34. The van der Waals surface area contributed by atoms with Crippen molar-refractivity contribution >= 4 is 0 Å². The van der Waals surface area contributed by atoms with Gasteiger partial charge in [-0.05, 0) is 11.6 Å². The first-order chi connectivity index (χ1) is 13.4. The van der Waals surface area contributed by atoms with Crippen molar-refractivity contribution in [1.82, 2.24) is 24.8 Å². The molecule has 2 aromatic rings. The maximum atomic E-state index is 12.6. The van der Waals surface area contributed by atoms with E-state index in [1.165, 1.54) is 12.3 Å². The number of hydrogen-bond donors (Lipinski definition) is 0. The standard InChI is InChI=1S/C18H22F3N5O2/c1-27-16-9-17(28-2)24-15(23-16)12-26-7-5-25(6-8-26)11-13-3-4-14(22-10-13)18(19,20)21/h3-4,9-10H,5-8,11-12H2,1-2H3. The number of piperazine rings is 1. The Balaban J connectivity index is 1.52. The van der Waals surface area contributed by atoms with Crippen molar-refractivity contribution in [3.63, 3.8) is 0 Å². The molecule has 0 saturated carbocycles. The largest absolute Gasteiger partial charge is 0.481 e. The summed E-state index contributed by atoms with van der Waals surface area (Å²) in [5, 5.41) is 0. The van der Waals surface area contributed by atoms with Crippen molar-refractivity contribution in [3.8, 4) is 11.8 Å². The molecule has 0 aliphatic carbocycles. The van der Waals surface area contributed by atoms with E-state index in [1.807, 2.05) is 0 Å². The van der Waals surface area contributed by atoms with Gasteiger partial charge in [-0.1, -0.05) is 6.07 Å². The van der Waals surface area contributed by atoms with E-state index in [9.17, 15) is 13.2 Å². The van der Waals surface area contributed by atoms with Gasteiger partial charge in [0.25, 0.3) is 0 Å². The highest BCUT2D eigenvalue weighted by Crippen LogP contribution is 2.27. The zero-order valence-corrected chi connectivity index (χ0v) is 15.7. The summed E-state index contributed by atoms with van der Waals surface area (Å²) in [5.74, 6) is 1.53. The molecule has 3 rings (SSSR count). The number of methoxy groups -OCH3 is 2. The van der Waals surface area contributed by atoms with Gasteiger partial charge in [0.15, 0.2) is 0 Å². The van der Waals surface area contributed by atoms with Crippen molar-refractivity contribution in [2.75, 3.05) is 40.4 Å². The zero-order valence-electron chi connectivity index (χ0n) is 15.7. The average molecular weight is 397 g/mol. The van der Waals surface area contributed by atoms with Crippen LogP contribution in [0.1, 0.15) is 17.1 Å². The quantitative estimate of drug-likeness (QED) is 0.741. The van der Waals surface area contributed by atoms with E-state index < -0.39 is 11.9 Å². The number of rotatable bonds is 6. The zero-order chi connectivity index (χ0) is 20.1. The monoisotopic (exact) mass is 397 g/mol. The number of ether oxygens (including phenoxy) is 2. The third-order valence-electron chi connectivity index (χ3n) is 4.50. The van der Waals surface area contributed by atoms with E-state index in [-0.39, 0.29) is 0 Å².